The molecule has 3 heteroatoms. The molecule has 0 spiro atoms. The molecule has 2 aromatic carbocycles. The van der Waals surface area contributed by atoms with Crippen molar-refractivity contribution in [2.45, 2.75) is 19.3 Å². The summed E-state index contributed by atoms with van der Waals surface area (Å²) < 4.78 is 19.6. The Hall–Kier alpha value is -2.03. The highest BCUT2D eigenvalue weighted by Crippen LogP contribution is 2.40. The highest BCUT2D eigenvalue weighted by atomic mass is 19.1. The number of anilines is 1. The zero-order chi connectivity index (χ0) is 13.6. The molecular weight excluding hydrogens is 241 g/mol. The van der Waals surface area contributed by atoms with Crippen LogP contribution in [0.2, 0.25) is 0 Å². The molecule has 0 amide bonds. The molecule has 0 saturated heterocycles. The summed E-state index contributed by atoms with van der Waals surface area (Å²) in [6.45, 7) is 4.92. The second-order valence-corrected chi connectivity index (χ2v) is 5.62. The molecule has 0 unspecified atom stereocenters. The summed E-state index contributed by atoms with van der Waals surface area (Å²) in [7, 11) is 0. The second kappa shape index (κ2) is 3.98. The molecule has 0 aliphatic carbocycles. The van der Waals surface area contributed by atoms with Crippen molar-refractivity contribution in [3.8, 4) is 16.9 Å². The fourth-order valence-corrected chi connectivity index (χ4v) is 2.45. The van der Waals surface area contributed by atoms with Crippen molar-refractivity contribution >= 4 is 5.69 Å². The van der Waals surface area contributed by atoms with Gasteiger partial charge in [0, 0.05) is 22.2 Å². The van der Waals surface area contributed by atoms with Gasteiger partial charge in [0.1, 0.15) is 11.6 Å². The van der Waals surface area contributed by atoms with Gasteiger partial charge in [-0.15, -0.1) is 0 Å². The highest BCUT2D eigenvalue weighted by Gasteiger charge is 2.31. The number of ether oxygens (including phenoxy) is 1. The van der Waals surface area contributed by atoms with Crippen LogP contribution in [0.25, 0.3) is 11.1 Å². The minimum absolute atomic E-state index is 0.0321. The average Bonchev–Trinajstić information content (AvgIpc) is 2.65. The number of hydrogen-bond acceptors (Lipinski definition) is 2. The Morgan fingerprint density at radius 2 is 1.95 bits per heavy atom. The molecule has 1 aliphatic heterocycles. The largest absolute Gasteiger partial charge is 0.492 e. The molecule has 0 radical (unpaired) electrons. The summed E-state index contributed by atoms with van der Waals surface area (Å²) in [6, 6.07) is 10.6. The van der Waals surface area contributed by atoms with Crippen LogP contribution in [-0.4, -0.2) is 6.61 Å². The van der Waals surface area contributed by atoms with Crippen LogP contribution < -0.4 is 10.5 Å². The van der Waals surface area contributed by atoms with E-state index in [1.807, 2.05) is 18.2 Å². The summed E-state index contributed by atoms with van der Waals surface area (Å²) in [6.07, 6.45) is 0. The van der Waals surface area contributed by atoms with Crippen molar-refractivity contribution < 1.29 is 9.13 Å². The predicted octanol–water partition coefficient (Wildman–Crippen LogP) is 3.74. The van der Waals surface area contributed by atoms with E-state index in [1.165, 1.54) is 6.07 Å². The van der Waals surface area contributed by atoms with Gasteiger partial charge < -0.3 is 10.5 Å². The lowest BCUT2D eigenvalue weighted by Crippen LogP contribution is -2.18. The third-order valence-corrected chi connectivity index (χ3v) is 3.60. The number of fused-ring (bicyclic) bond motifs is 1. The number of hydrogen-bond donors (Lipinski definition) is 1. The first kappa shape index (κ1) is 12.0. The first-order valence-electron chi connectivity index (χ1n) is 6.30. The van der Waals surface area contributed by atoms with E-state index < -0.39 is 0 Å². The quantitative estimate of drug-likeness (QED) is 0.790. The van der Waals surface area contributed by atoms with Crippen LogP contribution >= 0.6 is 0 Å². The molecule has 1 aliphatic rings. The Balaban J connectivity index is 2.13. The monoisotopic (exact) mass is 257 g/mol. The zero-order valence-electron chi connectivity index (χ0n) is 11.0. The van der Waals surface area contributed by atoms with E-state index in [1.54, 1.807) is 12.1 Å². The average molecular weight is 257 g/mol. The highest BCUT2D eigenvalue weighted by molar-refractivity contribution is 5.69. The van der Waals surface area contributed by atoms with Crippen LogP contribution in [0, 0.1) is 5.82 Å². The summed E-state index contributed by atoms with van der Waals surface area (Å²) in [4.78, 5) is 0. The predicted molar refractivity (Wildman–Crippen MR) is 74.8 cm³/mol. The molecule has 19 heavy (non-hydrogen) atoms. The van der Waals surface area contributed by atoms with E-state index in [2.05, 4.69) is 13.8 Å². The van der Waals surface area contributed by atoms with Gasteiger partial charge in [-0.05, 0) is 35.9 Å². The Morgan fingerprint density at radius 3 is 2.68 bits per heavy atom. The van der Waals surface area contributed by atoms with Gasteiger partial charge in [-0.25, -0.2) is 4.39 Å². The standard InChI is InChI=1S/C16H16FNO/c1-16(2)9-19-15-6-3-10(7-13(15)16)12-5-4-11(18)8-14(12)17/h3-8H,9,18H2,1-2H3. The summed E-state index contributed by atoms with van der Waals surface area (Å²) in [5.74, 6) is 0.598. The minimum Gasteiger partial charge on any atom is -0.492 e. The number of nitrogens with two attached hydrogens (primary N) is 1. The van der Waals surface area contributed by atoms with Crippen molar-refractivity contribution in [1.29, 1.82) is 0 Å². The molecule has 0 bridgehead atoms. The smallest absolute Gasteiger partial charge is 0.133 e. The molecule has 1 heterocycles. The van der Waals surface area contributed by atoms with Gasteiger partial charge in [0.2, 0.25) is 0 Å². The van der Waals surface area contributed by atoms with E-state index in [9.17, 15) is 4.39 Å². The SMILES string of the molecule is CC1(C)COc2ccc(-c3ccc(N)cc3F)cc21. The molecule has 2 N–H and O–H groups in total. The lowest BCUT2D eigenvalue weighted by molar-refractivity contribution is 0.291. The molecule has 0 fully saturated rings. The summed E-state index contributed by atoms with van der Waals surface area (Å²) >= 11 is 0. The van der Waals surface area contributed by atoms with Gasteiger partial charge in [0.25, 0.3) is 0 Å². The van der Waals surface area contributed by atoms with Gasteiger partial charge in [-0.1, -0.05) is 19.9 Å². The molecule has 3 rings (SSSR count). The van der Waals surface area contributed by atoms with Crippen LogP contribution in [0.3, 0.4) is 0 Å². The second-order valence-electron chi connectivity index (χ2n) is 5.62. The maximum atomic E-state index is 14.0. The van der Waals surface area contributed by atoms with Crippen molar-refractivity contribution in [3.05, 3.63) is 47.8 Å². The molecule has 2 nitrogen and oxygen atoms in total. The van der Waals surface area contributed by atoms with Gasteiger partial charge in [-0.2, -0.15) is 0 Å². The number of halogens is 1. The fourth-order valence-electron chi connectivity index (χ4n) is 2.45. The topological polar surface area (TPSA) is 35.2 Å². The first-order chi connectivity index (χ1) is 8.97. The van der Waals surface area contributed by atoms with Crippen molar-refractivity contribution in [2.75, 3.05) is 12.3 Å². The summed E-state index contributed by atoms with van der Waals surface area (Å²) in [5.41, 5.74) is 8.53. The maximum Gasteiger partial charge on any atom is 0.133 e. The molecule has 2 aromatic rings. The van der Waals surface area contributed by atoms with E-state index in [4.69, 9.17) is 10.5 Å². The van der Waals surface area contributed by atoms with Crippen LogP contribution in [0.1, 0.15) is 19.4 Å². The third-order valence-electron chi connectivity index (χ3n) is 3.60. The van der Waals surface area contributed by atoms with Gasteiger partial charge in [0.15, 0.2) is 0 Å². The number of benzene rings is 2. The Labute approximate surface area is 112 Å². The van der Waals surface area contributed by atoms with E-state index in [0.29, 0.717) is 17.9 Å². The molecule has 0 atom stereocenters. The first-order valence-corrected chi connectivity index (χ1v) is 6.30. The lowest BCUT2D eigenvalue weighted by atomic mass is 9.85. The Kier molecular flexibility index (Phi) is 2.52. The summed E-state index contributed by atoms with van der Waals surface area (Å²) in [5, 5.41) is 0. The molecule has 0 saturated carbocycles. The van der Waals surface area contributed by atoms with E-state index in [-0.39, 0.29) is 11.2 Å². The molecule has 98 valence electrons. The fraction of sp³-hybridized carbons (Fsp3) is 0.250. The van der Waals surface area contributed by atoms with Gasteiger partial charge in [-0.3, -0.25) is 0 Å². The molecular formula is C16H16FNO. The third kappa shape index (κ3) is 1.95. The number of rotatable bonds is 1. The maximum absolute atomic E-state index is 14.0. The van der Waals surface area contributed by atoms with Crippen LogP contribution in [0.5, 0.6) is 5.75 Å². The van der Waals surface area contributed by atoms with Crippen LogP contribution in [0.4, 0.5) is 10.1 Å². The lowest BCUT2D eigenvalue weighted by Gasteiger charge is -2.16. The van der Waals surface area contributed by atoms with Crippen molar-refractivity contribution in [1.82, 2.24) is 0 Å². The van der Waals surface area contributed by atoms with Crippen molar-refractivity contribution in [3.63, 3.8) is 0 Å². The van der Waals surface area contributed by atoms with E-state index >= 15 is 0 Å². The zero-order valence-corrected chi connectivity index (χ0v) is 11.0. The molecule has 0 aromatic heterocycles. The minimum atomic E-state index is -0.295. The van der Waals surface area contributed by atoms with Crippen LogP contribution in [0.15, 0.2) is 36.4 Å². The van der Waals surface area contributed by atoms with Crippen molar-refractivity contribution in [2.24, 2.45) is 0 Å². The van der Waals surface area contributed by atoms with Gasteiger partial charge in [0.05, 0.1) is 6.61 Å². The Bertz CT molecular complexity index is 649. The number of nitrogen functional groups attached to an aromatic ring is 1. The Morgan fingerprint density at radius 1 is 1.16 bits per heavy atom. The van der Waals surface area contributed by atoms with Crippen LogP contribution in [-0.2, 0) is 5.41 Å². The van der Waals surface area contributed by atoms with E-state index in [0.717, 1.165) is 16.9 Å². The van der Waals surface area contributed by atoms with Gasteiger partial charge >= 0.3 is 0 Å². The normalized spacial score (nSPS) is 15.9.